The fourth-order valence-corrected chi connectivity index (χ4v) is 2.54. The topological polar surface area (TPSA) is 84.9 Å². The van der Waals surface area contributed by atoms with E-state index in [1.54, 1.807) is 18.2 Å². The number of carboxylic acids is 1. The van der Waals surface area contributed by atoms with E-state index in [1.165, 1.54) is 0 Å². The van der Waals surface area contributed by atoms with Crippen molar-refractivity contribution >= 4 is 11.9 Å². The Morgan fingerprint density at radius 2 is 1.71 bits per heavy atom. The number of carbonyl (C=O) groups excluding carboxylic acids is 1. The van der Waals surface area contributed by atoms with Crippen molar-refractivity contribution < 1.29 is 24.2 Å². The number of carbonyl (C=O) groups is 2. The lowest BCUT2D eigenvalue weighted by Crippen LogP contribution is -2.24. The average molecular weight is 335 g/mol. The summed E-state index contributed by atoms with van der Waals surface area (Å²) in [4.78, 5) is 22.5. The van der Waals surface area contributed by atoms with Crippen molar-refractivity contribution in [1.29, 1.82) is 0 Å². The molecule has 0 aromatic heterocycles. The molecule has 1 amide bonds. The van der Waals surface area contributed by atoms with E-state index >= 15 is 0 Å². The third kappa shape index (κ3) is 6.10. The highest BCUT2D eigenvalue weighted by molar-refractivity contribution is 5.94. The van der Waals surface area contributed by atoms with E-state index in [0.717, 1.165) is 38.5 Å². The SMILES string of the molecule is O=C(O)CCCCCCCNC(=O)c1ccc2c(c1)OCCCO2. The van der Waals surface area contributed by atoms with Gasteiger partial charge in [0, 0.05) is 24.9 Å². The normalized spacial score (nSPS) is 13.2. The van der Waals surface area contributed by atoms with Gasteiger partial charge in [0.05, 0.1) is 13.2 Å². The zero-order valence-corrected chi connectivity index (χ0v) is 13.9. The molecule has 0 saturated heterocycles. The standard InChI is InChI=1S/C18H25NO5/c20-17(21)7-4-2-1-3-5-10-19-18(22)14-8-9-15-16(13-14)24-12-6-11-23-15/h8-9,13H,1-7,10-12H2,(H,19,22)(H,20,21). The van der Waals surface area contributed by atoms with Crippen LogP contribution in [0.5, 0.6) is 11.5 Å². The van der Waals surface area contributed by atoms with Crippen LogP contribution in [0.3, 0.4) is 0 Å². The van der Waals surface area contributed by atoms with E-state index in [9.17, 15) is 9.59 Å². The van der Waals surface area contributed by atoms with Crippen LogP contribution in [0.4, 0.5) is 0 Å². The van der Waals surface area contributed by atoms with Gasteiger partial charge in [-0.3, -0.25) is 9.59 Å². The van der Waals surface area contributed by atoms with Crippen LogP contribution in [0.25, 0.3) is 0 Å². The summed E-state index contributed by atoms with van der Waals surface area (Å²) >= 11 is 0. The predicted octanol–water partition coefficient (Wildman–Crippen LogP) is 3.00. The number of unbranched alkanes of at least 4 members (excludes halogenated alkanes) is 4. The highest BCUT2D eigenvalue weighted by Gasteiger charge is 2.13. The Morgan fingerprint density at radius 1 is 1.00 bits per heavy atom. The summed E-state index contributed by atoms with van der Waals surface area (Å²) in [6, 6.07) is 5.24. The van der Waals surface area contributed by atoms with Crippen LogP contribution >= 0.6 is 0 Å². The minimum Gasteiger partial charge on any atom is -0.490 e. The second-order valence-corrected chi connectivity index (χ2v) is 5.88. The fourth-order valence-electron chi connectivity index (χ4n) is 2.54. The Hall–Kier alpha value is -2.24. The Labute approximate surface area is 142 Å². The maximum Gasteiger partial charge on any atom is 0.303 e. The quantitative estimate of drug-likeness (QED) is 0.678. The van der Waals surface area contributed by atoms with Gasteiger partial charge in [-0.05, 0) is 31.0 Å². The zero-order valence-electron chi connectivity index (χ0n) is 13.9. The average Bonchev–Trinajstić information content (AvgIpc) is 2.81. The van der Waals surface area contributed by atoms with E-state index in [-0.39, 0.29) is 12.3 Å². The van der Waals surface area contributed by atoms with Gasteiger partial charge in [-0.25, -0.2) is 0 Å². The summed E-state index contributed by atoms with van der Waals surface area (Å²) in [5.74, 6) is 0.456. The molecule has 0 bridgehead atoms. The first-order valence-electron chi connectivity index (χ1n) is 8.56. The summed E-state index contributed by atoms with van der Waals surface area (Å²) in [5.41, 5.74) is 0.570. The summed E-state index contributed by atoms with van der Waals surface area (Å²) in [6.45, 7) is 1.84. The van der Waals surface area contributed by atoms with Gasteiger partial charge in [0.2, 0.25) is 0 Å². The van der Waals surface area contributed by atoms with Gasteiger partial charge in [0.15, 0.2) is 11.5 Å². The van der Waals surface area contributed by atoms with E-state index in [4.69, 9.17) is 14.6 Å². The number of hydrogen-bond acceptors (Lipinski definition) is 4. The summed E-state index contributed by atoms with van der Waals surface area (Å²) in [7, 11) is 0. The second-order valence-electron chi connectivity index (χ2n) is 5.88. The third-order valence-electron chi connectivity index (χ3n) is 3.86. The number of hydrogen-bond donors (Lipinski definition) is 2. The number of ether oxygens (including phenoxy) is 2. The molecule has 2 rings (SSSR count). The fraction of sp³-hybridized carbons (Fsp3) is 0.556. The summed E-state index contributed by atoms with van der Waals surface area (Å²) < 4.78 is 11.1. The molecule has 0 spiro atoms. The van der Waals surface area contributed by atoms with E-state index in [1.807, 2.05) is 0 Å². The molecule has 132 valence electrons. The number of aliphatic carboxylic acids is 1. The molecule has 6 nitrogen and oxygen atoms in total. The van der Waals surface area contributed by atoms with Gasteiger partial charge in [-0.2, -0.15) is 0 Å². The molecule has 0 atom stereocenters. The van der Waals surface area contributed by atoms with Crippen molar-refractivity contribution in [3.8, 4) is 11.5 Å². The minimum atomic E-state index is -0.739. The summed E-state index contributed by atoms with van der Waals surface area (Å²) in [6.07, 6.45) is 5.59. The van der Waals surface area contributed by atoms with Crippen molar-refractivity contribution in [1.82, 2.24) is 5.32 Å². The van der Waals surface area contributed by atoms with Crippen LogP contribution in [-0.4, -0.2) is 36.7 Å². The minimum absolute atomic E-state index is 0.114. The molecule has 0 unspecified atom stereocenters. The molecule has 0 saturated carbocycles. The van der Waals surface area contributed by atoms with Crippen LogP contribution in [-0.2, 0) is 4.79 Å². The van der Waals surface area contributed by atoms with Crippen LogP contribution in [0, 0.1) is 0 Å². The second kappa shape index (κ2) is 9.80. The van der Waals surface area contributed by atoms with Gasteiger partial charge < -0.3 is 19.9 Å². The maximum atomic E-state index is 12.2. The monoisotopic (exact) mass is 335 g/mol. The third-order valence-corrected chi connectivity index (χ3v) is 3.86. The molecule has 0 aliphatic carbocycles. The van der Waals surface area contributed by atoms with Crippen LogP contribution in [0.2, 0.25) is 0 Å². The largest absolute Gasteiger partial charge is 0.490 e. The predicted molar refractivity (Wildman–Crippen MR) is 89.7 cm³/mol. The lowest BCUT2D eigenvalue weighted by molar-refractivity contribution is -0.137. The number of rotatable bonds is 9. The van der Waals surface area contributed by atoms with Gasteiger partial charge in [-0.15, -0.1) is 0 Å². The molecule has 0 radical (unpaired) electrons. The van der Waals surface area contributed by atoms with E-state index in [2.05, 4.69) is 5.32 Å². The first kappa shape index (κ1) is 18.1. The molecular formula is C18H25NO5. The lowest BCUT2D eigenvalue weighted by Gasteiger charge is -2.10. The Morgan fingerprint density at radius 3 is 2.50 bits per heavy atom. The van der Waals surface area contributed by atoms with Crippen LogP contribution < -0.4 is 14.8 Å². The smallest absolute Gasteiger partial charge is 0.303 e. The molecule has 1 aliphatic heterocycles. The summed E-state index contributed by atoms with van der Waals surface area (Å²) in [5, 5.41) is 11.4. The lowest BCUT2D eigenvalue weighted by atomic mass is 10.1. The van der Waals surface area contributed by atoms with Crippen molar-refractivity contribution in [3.63, 3.8) is 0 Å². The van der Waals surface area contributed by atoms with Crippen LogP contribution in [0.15, 0.2) is 18.2 Å². The van der Waals surface area contributed by atoms with E-state index < -0.39 is 5.97 Å². The van der Waals surface area contributed by atoms with Gasteiger partial charge in [0.1, 0.15) is 0 Å². The molecule has 1 aliphatic rings. The number of amides is 1. The highest BCUT2D eigenvalue weighted by Crippen LogP contribution is 2.30. The molecule has 0 fully saturated rings. The maximum absolute atomic E-state index is 12.2. The number of fused-ring (bicyclic) bond motifs is 1. The highest BCUT2D eigenvalue weighted by atomic mass is 16.5. The number of carboxylic acid groups (broad SMARTS) is 1. The van der Waals surface area contributed by atoms with Gasteiger partial charge in [-0.1, -0.05) is 19.3 Å². The molecule has 2 N–H and O–H groups in total. The molecular weight excluding hydrogens is 310 g/mol. The number of benzene rings is 1. The number of nitrogens with one attached hydrogen (secondary N) is 1. The zero-order chi connectivity index (χ0) is 17.2. The first-order valence-corrected chi connectivity index (χ1v) is 8.56. The molecule has 1 aromatic rings. The van der Waals surface area contributed by atoms with Gasteiger partial charge >= 0.3 is 5.97 Å². The van der Waals surface area contributed by atoms with E-state index in [0.29, 0.717) is 36.8 Å². The van der Waals surface area contributed by atoms with Crippen molar-refractivity contribution in [2.45, 2.75) is 44.9 Å². The molecule has 1 aromatic carbocycles. The van der Waals surface area contributed by atoms with Crippen molar-refractivity contribution in [2.24, 2.45) is 0 Å². The van der Waals surface area contributed by atoms with Crippen molar-refractivity contribution in [2.75, 3.05) is 19.8 Å². The van der Waals surface area contributed by atoms with Gasteiger partial charge in [0.25, 0.3) is 5.91 Å². The molecule has 6 heteroatoms. The van der Waals surface area contributed by atoms with Crippen LogP contribution in [0.1, 0.15) is 55.3 Å². The Bertz CT molecular complexity index is 558. The molecule has 24 heavy (non-hydrogen) atoms. The Kier molecular flexibility index (Phi) is 7.39. The molecule has 1 heterocycles. The van der Waals surface area contributed by atoms with Crippen molar-refractivity contribution in [3.05, 3.63) is 23.8 Å². The Balaban J connectivity index is 1.66. The first-order chi connectivity index (χ1) is 11.7.